The van der Waals surface area contributed by atoms with Gasteiger partial charge in [0.1, 0.15) is 0 Å². The Morgan fingerprint density at radius 1 is 1.05 bits per heavy atom. The average Bonchev–Trinajstić information content (AvgIpc) is 2.48. The maximum Gasteiger partial charge on any atom is 0.251 e. The third-order valence-corrected chi connectivity index (χ3v) is 3.20. The molecule has 0 spiro atoms. The molecule has 0 aliphatic heterocycles. The number of nitrogens with one attached hydrogen (secondary N) is 2. The van der Waals surface area contributed by atoms with Crippen molar-refractivity contribution in [3.05, 3.63) is 64.7 Å². The molecular weight excluding hydrogens is 288 g/mol. The Morgan fingerprint density at radius 2 is 1.71 bits per heavy atom. The Morgan fingerprint density at radius 3 is 2.38 bits per heavy atom. The summed E-state index contributed by atoms with van der Waals surface area (Å²) < 4.78 is 0. The maximum absolute atomic E-state index is 11.9. The lowest BCUT2D eigenvalue weighted by molar-refractivity contribution is -0.115. The SMILES string of the molecule is Cc1ccc(C(=O)NCC(=O)Nc2ccccc2Cl)cc1. The number of hydrogen-bond acceptors (Lipinski definition) is 2. The van der Waals surface area contributed by atoms with E-state index in [0.717, 1.165) is 5.56 Å². The van der Waals surface area contributed by atoms with E-state index in [1.54, 1.807) is 36.4 Å². The van der Waals surface area contributed by atoms with Gasteiger partial charge in [-0.25, -0.2) is 0 Å². The van der Waals surface area contributed by atoms with Crippen molar-refractivity contribution in [3.8, 4) is 0 Å². The van der Waals surface area contributed by atoms with Crippen LogP contribution in [-0.2, 0) is 4.79 Å². The van der Waals surface area contributed by atoms with Gasteiger partial charge in [0.05, 0.1) is 17.3 Å². The zero-order valence-electron chi connectivity index (χ0n) is 11.5. The van der Waals surface area contributed by atoms with Crippen LogP contribution < -0.4 is 10.6 Å². The molecule has 0 saturated heterocycles. The van der Waals surface area contributed by atoms with Crippen molar-refractivity contribution in [1.82, 2.24) is 5.32 Å². The maximum atomic E-state index is 11.9. The van der Waals surface area contributed by atoms with Gasteiger partial charge in [-0.05, 0) is 31.2 Å². The van der Waals surface area contributed by atoms with Crippen LogP contribution in [0.4, 0.5) is 5.69 Å². The smallest absolute Gasteiger partial charge is 0.251 e. The number of hydrogen-bond donors (Lipinski definition) is 2. The quantitative estimate of drug-likeness (QED) is 0.912. The minimum Gasteiger partial charge on any atom is -0.343 e. The summed E-state index contributed by atoms with van der Waals surface area (Å²) in [6.45, 7) is 1.83. The minimum atomic E-state index is -0.330. The average molecular weight is 303 g/mol. The number of amides is 2. The molecule has 2 aromatic rings. The molecule has 0 saturated carbocycles. The van der Waals surface area contributed by atoms with Crippen LogP contribution in [0.25, 0.3) is 0 Å². The molecule has 0 aliphatic rings. The lowest BCUT2D eigenvalue weighted by atomic mass is 10.1. The summed E-state index contributed by atoms with van der Waals surface area (Å²) in [6, 6.07) is 14.1. The third-order valence-electron chi connectivity index (χ3n) is 2.87. The number of benzene rings is 2. The van der Waals surface area contributed by atoms with E-state index in [2.05, 4.69) is 10.6 Å². The van der Waals surface area contributed by atoms with Crippen LogP contribution in [0.15, 0.2) is 48.5 Å². The first kappa shape index (κ1) is 15.1. The monoisotopic (exact) mass is 302 g/mol. The van der Waals surface area contributed by atoms with Gasteiger partial charge < -0.3 is 10.6 Å². The first-order valence-corrected chi connectivity index (χ1v) is 6.83. The van der Waals surface area contributed by atoms with Crippen molar-refractivity contribution in [2.45, 2.75) is 6.92 Å². The standard InChI is InChI=1S/C16H15ClN2O2/c1-11-6-8-12(9-7-11)16(21)18-10-15(20)19-14-5-3-2-4-13(14)17/h2-9H,10H2,1H3,(H,18,21)(H,19,20). The van der Waals surface area contributed by atoms with Crippen molar-refractivity contribution in [2.24, 2.45) is 0 Å². The van der Waals surface area contributed by atoms with E-state index in [-0.39, 0.29) is 18.4 Å². The molecule has 21 heavy (non-hydrogen) atoms. The molecule has 2 aromatic carbocycles. The van der Waals surface area contributed by atoms with Gasteiger partial charge in [0.2, 0.25) is 5.91 Å². The summed E-state index contributed by atoms with van der Waals surface area (Å²) in [5.74, 6) is -0.618. The Hall–Kier alpha value is -2.33. The van der Waals surface area contributed by atoms with E-state index in [1.165, 1.54) is 0 Å². The molecule has 108 valence electrons. The van der Waals surface area contributed by atoms with E-state index in [4.69, 9.17) is 11.6 Å². The topological polar surface area (TPSA) is 58.2 Å². The second kappa shape index (κ2) is 6.90. The second-order valence-electron chi connectivity index (χ2n) is 4.58. The zero-order valence-corrected chi connectivity index (χ0v) is 12.3. The normalized spacial score (nSPS) is 10.0. The van der Waals surface area contributed by atoms with Gasteiger partial charge in [-0.1, -0.05) is 41.4 Å². The Balaban J connectivity index is 1.88. The first-order valence-electron chi connectivity index (χ1n) is 6.45. The number of para-hydroxylation sites is 1. The lowest BCUT2D eigenvalue weighted by Crippen LogP contribution is -2.32. The number of aryl methyl sites for hydroxylation is 1. The summed E-state index contributed by atoms with van der Waals surface area (Å²) in [5, 5.41) is 5.66. The van der Waals surface area contributed by atoms with Gasteiger partial charge in [-0.15, -0.1) is 0 Å². The number of halogens is 1. The van der Waals surface area contributed by atoms with Crippen LogP contribution >= 0.6 is 11.6 Å². The second-order valence-corrected chi connectivity index (χ2v) is 4.98. The van der Waals surface area contributed by atoms with Gasteiger partial charge in [-0.3, -0.25) is 9.59 Å². The molecule has 0 heterocycles. The molecular formula is C16H15ClN2O2. The van der Waals surface area contributed by atoms with Gasteiger partial charge in [0.25, 0.3) is 5.91 Å². The molecule has 2 amide bonds. The van der Waals surface area contributed by atoms with Crippen molar-refractivity contribution >= 4 is 29.1 Å². The number of carbonyl (C=O) groups is 2. The highest BCUT2D eigenvalue weighted by atomic mass is 35.5. The molecule has 5 heteroatoms. The third kappa shape index (κ3) is 4.33. The number of anilines is 1. The lowest BCUT2D eigenvalue weighted by Gasteiger charge is -2.08. The van der Waals surface area contributed by atoms with E-state index in [9.17, 15) is 9.59 Å². The molecule has 2 rings (SSSR count). The van der Waals surface area contributed by atoms with Crippen molar-refractivity contribution < 1.29 is 9.59 Å². The van der Waals surface area contributed by atoms with Gasteiger partial charge in [-0.2, -0.15) is 0 Å². The fraction of sp³-hybridized carbons (Fsp3) is 0.125. The van der Waals surface area contributed by atoms with Crippen LogP contribution in [0.2, 0.25) is 5.02 Å². The molecule has 0 aromatic heterocycles. The predicted octanol–water partition coefficient (Wildman–Crippen LogP) is 3.02. The molecule has 0 atom stereocenters. The zero-order chi connectivity index (χ0) is 15.2. The summed E-state index contributed by atoms with van der Waals surface area (Å²) in [5.41, 5.74) is 2.11. The van der Waals surface area contributed by atoms with Gasteiger partial charge in [0, 0.05) is 5.56 Å². The molecule has 4 nitrogen and oxygen atoms in total. The fourth-order valence-corrected chi connectivity index (χ4v) is 1.91. The Labute approximate surface area is 128 Å². The molecule has 0 fully saturated rings. The van der Waals surface area contributed by atoms with Gasteiger partial charge >= 0.3 is 0 Å². The van der Waals surface area contributed by atoms with Crippen LogP contribution in [0, 0.1) is 6.92 Å². The Bertz CT molecular complexity index is 654. The van der Waals surface area contributed by atoms with Crippen LogP contribution in [0.1, 0.15) is 15.9 Å². The van der Waals surface area contributed by atoms with E-state index < -0.39 is 0 Å². The summed E-state index contributed by atoms with van der Waals surface area (Å²) in [7, 11) is 0. The number of rotatable bonds is 4. The van der Waals surface area contributed by atoms with Crippen molar-refractivity contribution in [2.75, 3.05) is 11.9 Å². The largest absolute Gasteiger partial charge is 0.343 e. The van der Waals surface area contributed by atoms with Crippen molar-refractivity contribution in [3.63, 3.8) is 0 Å². The molecule has 2 N–H and O–H groups in total. The molecule has 0 radical (unpaired) electrons. The summed E-state index contributed by atoms with van der Waals surface area (Å²) in [6.07, 6.45) is 0. The predicted molar refractivity (Wildman–Crippen MR) is 83.6 cm³/mol. The van der Waals surface area contributed by atoms with E-state index in [0.29, 0.717) is 16.3 Å². The first-order chi connectivity index (χ1) is 10.1. The van der Waals surface area contributed by atoms with Crippen LogP contribution in [0.3, 0.4) is 0 Å². The minimum absolute atomic E-state index is 0.113. The molecule has 0 aliphatic carbocycles. The molecule has 0 unspecified atom stereocenters. The van der Waals surface area contributed by atoms with E-state index >= 15 is 0 Å². The summed E-state index contributed by atoms with van der Waals surface area (Å²) in [4.78, 5) is 23.6. The Kier molecular flexibility index (Phi) is 4.95. The highest BCUT2D eigenvalue weighted by Crippen LogP contribution is 2.19. The number of carbonyl (C=O) groups excluding carboxylic acids is 2. The highest BCUT2D eigenvalue weighted by Gasteiger charge is 2.09. The van der Waals surface area contributed by atoms with Crippen LogP contribution in [0.5, 0.6) is 0 Å². The van der Waals surface area contributed by atoms with E-state index in [1.807, 2.05) is 19.1 Å². The van der Waals surface area contributed by atoms with Crippen molar-refractivity contribution in [1.29, 1.82) is 0 Å². The highest BCUT2D eigenvalue weighted by molar-refractivity contribution is 6.33. The molecule has 0 bridgehead atoms. The summed E-state index contributed by atoms with van der Waals surface area (Å²) >= 11 is 5.94. The fourth-order valence-electron chi connectivity index (χ4n) is 1.72. The van der Waals surface area contributed by atoms with Gasteiger partial charge in [0.15, 0.2) is 0 Å². The van der Waals surface area contributed by atoms with Crippen LogP contribution in [-0.4, -0.2) is 18.4 Å².